The van der Waals surface area contributed by atoms with Crippen LogP contribution in [-0.2, 0) is 0 Å². The van der Waals surface area contributed by atoms with Crippen LogP contribution in [0, 0.1) is 11.7 Å². The fraction of sp³-hybridized carbons (Fsp3) is 0.471. The van der Waals surface area contributed by atoms with E-state index in [1.807, 2.05) is 0 Å². The van der Waals surface area contributed by atoms with E-state index >= 15 is 0 Å². The molecule has 0 aromatic heterocycles. The number of halogens is 1. The first kappa shape index (κ1) is 15.7. The van der Waals surface area contributed by atoms with Crippen molar-refractivity contribution >= 4 is 5.78 Å². The molecule has 0 unspecified atom stereocenters. The minimum absolute atomic E-state index is 0.233. The molecule has 2 rings (SSSR count). The Morgan fingerprint density at radius 3 is 2.52 bits per heavy atom. The second kappa shape index (κ2) is 7.36. The van der Waals surface area contributed by atoms with Crippen LogP contribution in [0.4, 0.5) is 4.39 Å². The van der Waals surface area contributed by atoms with E-state index in [9.17, 15) is 14.3 Å². The molecule has 1 fully saturated rings. The minimum atomic E-state index is -0.372. The van der Waals surface area contributed by atoms with Gasteiger partial charge in [-0.25, -0.2) is 4.39 Å². The maximum atomic E-state index is 12.9. The first-order chi connectivity index (χ1) is 10.1. The number of rotatable bonds is 5. The highest BCUT2D eigenvalue weighted by Crippen LogP contribution is 2.18. The highest BCUT2D eigenvalue weighted by Gasteiger charge is 2.18. The molecule has 21 heavy (non-hydrogen) atoms. The Morgan fingerprint density at radius 2 is 1.95 bits per heavy atom. The van der Waals surface area contributed by atoms with Gasteiger partial charge in [0.15, 0.2) is 5.78 Å². The van der Waals surface area contributed by atoms with Crippen molar-refractivity contribution in [2.45, 2.75) is 26.2 Å². The molecular formula is C17H22FNO2. The van der Waals surface area contributed by atoms with Crippen LogP contribution in [0.1, 0.15) is 36.5 Å². The lowest BCUT2D eigenvalue weighted by molar-refractivity contribution is 0.102. The topological polar surface area (TPSA) is 40.5 Å². The van der Waals surface area contributed by atoms with Crippen molar-refractivity contribution in [1.82, 2.24) is 4.90 Å². The van der Waals surface area contributed by atoms with E-state index in [0.29, 0.717) is 17.6 Å². The average Bonchev–Trinajstić information content (AvgIpc) is 2.50. The molecule has 1 heterocycles. The molecule has 1 aromatic rings. The summed E-state index contributed by atoms with van der Waals surface area (Å²) in [6.45, 7) is 5.12. The Morgan fingerprint density at radius 1 is 1.33 bits per heavy atom. The molecule has 4 heteroatoms. The zero-order valence-electron chi connectivity index (χ0n) is 12.4. The van der Waals surface area contributed by atoms with Crippen LogP contribution in [0.3, 0.4) is 0 Å². The van der Waals surface area contributed by atoms with E-state index in [4.69, 9.17) is 0 Å². The molecule has 0 aliphatic carbocycles. The summed E-state index contributed by atoms with van der Waals surface area (Å²) in [5.74, 6) is 0.168. The number of aliphatic hydroxyl groups is 1. The molecule has 1 saturated heterocycles. The lowest BCUT2D eigenvalue weighted by Gasteiger charge is -2.30. The van der Waals surface area contributed by atoms with Crippen molar-refractivity contribution in [3.8, 4) is 0 Å². The number of piperidine rings is 1. The zero-order valence-corrected chi connectivity index (χ0v) is 12.4. The Bertz CT molecular complexity index is 502. The molecule has 1 aliphatic heterocycles. The van der Waals surface area contributed by atoms with Gasteiger partial charge < -0.3 is 10.0 Å². The summed E-state index contributed by atoms with van der Waals surface area (Å²) in [6, 6.07) is 5.41. The van der Waals surface area contributed by atoms with Gasteiger partial charge in [-0.3, -0.25) is 4.79 Å². The molecule has 0 radical (unpaired) electrons. The summed E-state index contributed by atoms with van der Waals surface area (Å²) >= 11 is 0. The van der Waals surface area contributed by atoms with Gasteiger partial charge >= 0.3 is 0 Å². The van der Waals surface area contributed by atoms with Gasteiger partial charge in [0, 0.05) is 17.7 Å². The number of likely N-dealkylation sites (tertiary alicyclic amines) is 1. The Labute approximate surface area is 125 Å². The molecule has 114 valence electrons. The number of aliphatic hydroxyl groups excluding tert-OH is 1. The fourth-order valence-corrected chi connectivity index (χ4v) is 2.59. The number of nitrogens with zero attached hydrogens (tertiary/aromatic N) is 1. The van der Waals surface area contributed by atoms with E-state index < -0.39 is 0 Å². The van der Waals surface area contributed by atoms with Gasteiger partial charge in [-0.1, -0.05) is 6.92 Å². The highest BCUT2D eigenvalue weighted by molar-refractivity contribution is 6.08. The van der Waals surface area contributed by atoms with E-state index in [-0.39, 0.29) is 11.6 Å². The van der Waals surface area contributed by atoms with E-state index in [2.05, 4.69) is 11.8 Å². The van der Waals surface area contributed by atoms with Crippen molar-refractivity contribution in [2.75, 3.05) is 19.6 Å². The normalized spacial score (nSPS) is 17.9. The second-order valence-electron chi connectivity index (χ2n) is 5.76. The largest absolute Gasteiger partial charge is 0.515 e. The van der Waals surface area contributed by atoms with Crippen molar-refractivity contribution < 1.29 is 14.3 Å². The quantitative estimate of drug-likeness (QED) is 0.512. The predicted molar refractivity (Wildman–Crippen MR) is 80.9 cm³/mol. The lowest BCUT2D eigenvalue weighted by Crippen LogP contribution is -2.34. The molecule has 1 N–H and O–H groups in total. The van der Waals surface area contributed by atoms with Crippen molar-refractivity contribution in [1.29, 1.82) is 0 Å². The molecule has 0 amide bonds. The van der Waals surface area contributed by atoms with Crippen LogP contribution < -0.4 is 0 Å². The summed E-state index contributed by atoms with van der Waals surface area (Å²) in [4.78, 5) is 14.6. The van der Waals surface area contributed by atoms with Gasteiger partial charge in [0.25, 0.3) is 0 Å². The fourth-order valence-electron chi connectivity index (χ4n) is 2.59. The van der Waals surface area contributed by atoms with Gasteiger partial charge in [0.1, 0.15) is 5.82 Å². The third-order valence-electron chi connectivity index (χ3n) is 4.13. The van der Waals surface area contributed by atoms with E-state index in [0.717, 1.165) is 31.8 Å². The van der Waals surface area contributed by atoms with Crippen molar-refractivity contribution in [2.24, 2.45) is 5.92 Å². The molecule has 0 bridgehead atoms. The monoisotopic (exact) mass is 291 g/mol. The number of hydrogen-bond donors (Lipinski definition) is 1. The summed E-state index contributed by atoms with van der Waals surface area (Å²) < 4.78 is 12.9. The van der Waals surface area contributed by atoms with Crippen molar-refractivity contribution in [3.63, 3.8) is 0 Å². The van der Waals surface area contributed by atoms with Crippen LogP contribution >= 0.6 is 0 Å². The molecule has 1 aliphatic rings. The first-order valence-electron chi connectivity index (χ1n) is 7.46. The van der Waals surface area contributed by atoms with Gasteiger partial charge in [-0.05, 0) is 62.5 Å². The number of carbonyl (C=O) groups is 1. The van der Waals surface area contributed by atoms with Crippen LogP contribution in [-0.4, -0.2) is 35.4 Å². The van der Waals surface area contributed by atoms with Gasteiger partial charge in [-0.2, -0.15) is 0 Å². The molecule has 1 aromatic carbocycles. The second-order valence-corrected chi connectivity index (χ2v) is 5.76. The number of ketones is 1. The molecular weight excluding hydrogens is 269 g/mol. The van der Waals surface area contributed by atoms with Crippen molar-refractivity contribution in [3.05, 3.63) is 47.5 Å². The maximum Gasteiger partial charge on any atom is 0.192 e. The summed E-state index contributed by atoms with van der Waals surface area (Å²) in [5, 5.41) is 9.31. The third kappa shape index (κ3) is 4.39. The van der Waals surface area contributed by atoms with E-state index in [1.54, 1.807) is 0 Å². The van der Waals surface area contributed by atoms with Crippen LogP contribution in [0.5, 0.6) is 0 Å². The highest BCUT2D eigenvalue weighted by atomic mass is 19.1. The lowest BCUT2D eigenvalue weighted by atomic mass is 9.98. The third-order valence-corrected chi connectivity index (χ3v) is 4.13. The Balaban J connectivity index is 1.91. The molecule has 3 nitrogen and oxygen atoms in total. The predicted octanol–water partition coefficient (Wildman–Crippen LogP) is 3.57. The van der Waals surface area contributed by atoms with Gasteiger partial charge in [0.05, 0.1) is 6.26 Å². The minimum Gasteiger partial charge on any atom is -0.515 e. The zero-order chi connectivity index (χ0) is 15.2. The first-order valence-corrected chi connectivity index (χ1v) is 7.46. The molecule has 0 saturated carbocycles. The number of benzene rings is 1. The Kier molecular flexibility index (Phi) is 5.51. The summed E-state index contributed by atoms with van der Waals surface area (Å²) in [6.07, 6.45) is 3.77. The Hall–Kier alpha value is -1.68. The van der Waals surface area contributed by atoms with Gasteiger partial charge in [-0.15, -0.1) is 0 Å². The standard InChI is InChI=1S/C17H22FNO2/c1-13-6-9-19(10-7-13)11-8-15(12-20)17(21)14-2-4-16(18)5-3-14/h2-5,12-13,20H,6-11H2,1H3/b15-12+. The summed E-state index contributed by atoms with van der Waals surface area (Å²) in [7, 11) is 0. The number of Topliss-reactive ketones (excluding diaryl/α,β-unsaturated/α-hetero) is 1. The number of carbonyl (C=O) groups excluding carboxylic acids is 1. The summed E-state index contributed by atoms with van der Waals surface area (Å²) in [5.41, 5.74) is 0.782. The van der Waals surface area contributed by atoms with Crippen LogP contribution in [0.2, 0.25) is 0 Å². The molecule has 0 atom stereocenters. The van der Waals surface area contributed by atoms with E-state index in [1.165, 1.54) is 37.1 Å². The van der Waals surface area contributed by atoms with Crippen LogP contribution in [0.15, 0.2) is 36.1 Å². The smallest absolute Gasteiger partial charge is 0.192 e. The molecule has 0 spiro atoms. The maximum absolute atomic E-state index is 12.9. The van der Waals surface area contributed by atoms with Gasteiger partial charge in [0.2, 0.25) is 0 Å². The SMILES string of the molecule is CC1CCN(CC/C(=C\O)C(=O)c2ccc(F)cc2)CC1. The van der Waals surface area contributed by atoms with Crippen LogP contribution in [0.25, 0.3) is 0 Å². The average molecular weight is 291 g/mol. The number of hydrogen-bond acceptors (Lipinski definition) is 3.